The number of rotatable bonds is 4. The molecule has 0 aromatic heterocycles. The van der Waals surface area contributed by atoms with Crippen LogP contribution in [0.15, 0.2) is 188 Å². The third-order valence-corrected chi connectivity index (χ3v) is 17.2. The van der Waals surface area contributed by atoms with Crippen molar-refractivity contribution in [2.75, 3.05) is 4.90 Å². The Morgan fingerprint density at radius 1 is 0.500 bits per heavy atom. The summed E-state index contributed by atoms with van der Waals surface area (Å²) < 4.78 is 7.15. The van der Waals surface area contributed by atoms with Crippen LogP contribution in [0.5, 0.6) is 11.5 Å². The molecule has 3 aliphatic rings. The lowest BCUT2D eigenvalue weighted by molar-refractivity contribution is 0.488. The standard InChI is InChI=1S/C52H40BNOSi/c1-52(2,3)36-28-31-47-44(32-36)53-43-33-42-41-26-16-17-27-48(41)56(38-22-12-6-13-23-38,39-24-14-7-15-25-39)49(42)34-46(43)54(37-20-10-5-11-21-37)45-30-29-40(51(55-47)50(45)53)35-18-8-4-9-19-35/h4-34H,1-3H3. The Bertz CT molecular complexity index is 2780. The molecule has 0 aliphatic carbocycles. The lowest BCUT2D eigenvalue weighted by Gasteiger charge is -2.42. The second-order valence-corrected chi connectivity index (χ2v) is 20.2. The zero-order valence-corrected chi connectivity index (χ0v) is 32.8. The molecule has 0 saturated carbocycles. The van der Waals surface area contributed by atoms with E-state index in [1.54, 1.807) is 0 Å². The van der Waals surface area contributed by atoms with E-state index in [2.05, 4.69) is 214 Å². The molecule has 0 atom stereocenters. The Morgan fingerprint density at radius 2 is 1.12 bits per heavy atom. The first-order chi connectivity index (χ1) is 27.4. The highest BCUT2D eigenvalue weighted by atomic mass is 28.3. The van der Waals surface area contributed by atoms with Gasteiger partial charge in [-0.05, 0) is 101 Å². The highest BCUT2D eigenvalue weighted by Gasteiger charge is 2.51. The number of hydrogen-bond acceptors (Lipinski definition) is 2. The van der Waals surface area contributed by atoms with Gasteiger partial charge in [0.2, 0.25) is 0 Å². The molecule has 0 unspecified atom stereocenters. The van der Waals surface area contributed by atoms with Gasteiger partial charge in [-0.2, -0.15) is 0 Å². The zero-order valence-electron chi connectivity index (χ0n) is 31.8. The van der Waals surface area contributed by atoms with Crippen LogP contribution < -0.4 is 46.8 Å². The number of anilines is 3. The zero-order chi connectivity index (χ0) is 37.6. The summed E-state index contributed by atoms with van der Waals surface area (Å²) in [4.78, 5) is 2.51. The fraction of sp³-hybridized carbons (Fsp3) is 0.0769. The van der Waals surface area contributed by atoms with Crippen LogP contribution in [-0.4, -0.2) is 14.8 Å². The third-order valence-electron chi connectivity index (χ3n) is 12.4. The van der Waals surface area contributed by atoms with Gasteiger partial charge in [0.25, 0.3) is 6.71 Å². The van der Waals surface area contributed by atoms with E-state index in [1.807, 2.05) is 0 Å². The average molecular weight is 734 g/mol. The number of ether oxygens (including phenoxy) is 1. The van der Waals surface area contributed by atoms with Gasteiger partial charge in [0, 0.05) is 22.6 Å². The Labute approximate surface area is 330 Å². The van der Waals surface area contributed by atoms with Crippen molar-refractivity contribution < 1.29 is 4.74 Å². The minimum Gasteiger partial charge on any atom is -0.458 e. The average Bonchev–Trinajstić information content (AvgIpc) is 3.53. The summed E-state index contributed by atoms with van der Waals surface area (Å²) in [6.07, 6.45) is 0. The normalized spacial score (nSPS) is 14.2. The molecule has 0 bridgehead atoms. The minimum atomic E-state index is -2.75. The van der Waals surface area contributed by atoms with Gasteiger partial charge in [0.15, 0.2) is 8.07 Å². The minimum absolute atomic E-state index is 0.0228. The first kappa shape index (κ1) is 33.0. The summed E-state index contributed by atoms with van der Waals surface area (Å²) in [7, 11) is -2.75. The topological polar surface area (TPSA) is 12.5 Å². The molecule has 0 saturated heterocycles. The molecule has 8 aromatic rings. The Kier molecular flexibility index (Phi) is 7.27. The molecule has 0 spiro atoms. The van der Waals surface area contributed by atoms with E-state index >= 15 is 0 Å². The molecule has 3 heterocycles. The molecule has 0 fully saturated rings. The second kappa shape index (κ2) is 12.3. The maximum Gasteiger partial charge on any atom is 0.256 e. The Balaban J connectivity index is 1.28. The summed E-state index contributed by atoms with van der Waals surface area (Å²) >= 11 is 0. The van der Waals surface area contributed by atoms with Crippen LogP contribution in [0.25, 0.3) is 22.3 Å². The fourth-order valence-electron chi connectivity index (χ4n) is 9.84. The van der Waals surface area contributed by atoms with Gasteiger partial charge in [0.05, 0.1) is 0 Å². The molecule has 2 nitrogen and oxygen atoms in total. The highest BCUT2D eigenvalue weighted by Crippen LogP contribution is 2.45. The van der Waals surface area contributed by atoms with Gasteiger partial charge in [-0.25, -0.2) is 0 Å². The van der Waals surface area contributed by atoms with E-state index in [0.717, 1.165) is 34.0 Å². The third kappa shape index (κ3) is 4.69. The predicted octanol–water partition coefficient (Wildman–Crippen LogP) is 8.41. The maximum absolute atomic E-state index is 7.15. The summed E-state index contributed by atoms with van der Waals surface area (Å²) in [6.45, 7) is 6.88. The molecular formula is C52H40BNOSi. The van der Waals surface area contributed by atoms with Crippen LogP contribution in [-0.2, 0) is 5.41 Å². The summed E-state index contributed by atoms with van der Waals surface area (Å²) in [6, 6.07) is 70.2. The van der Waals surface area contributed by atoms with Crippen molar-refractivity contribution in [1.82, 2.24) is 0 Å². The van der Waals surface area contributed by atoms with Crippen LogP contribution in [0.3, 0.4) is 0 Å². The first-order valence-electron chi connectivity index (χ1n) is 19.7. The smallest absolute Gasteiger partial charge is 0.256 e. The second-order valence-electron chi connectivity index (χ2n) is 16.4. The summed E-state index contributed by atoms with van der Waals surface area (Å²) in [5.41, 5.74) is 13.5. The lowest BCUT2D eigenvalue weighted by atomic mass is 9.33. The number of nitrogens with zero attached hydrogens (tertiary/aromatic N) is 1. The van der Waals surface area contributed by atoms with Crippen LogP contribution in [0.2, 0.25) is 0 Å². The van der Waals surface area contributed by atoms with Crippen LogP contribution >= 0.6 is 0 Å². The van der Waals surface area contributed by atoms with Gasteiger partial charge >= 0.3 is 0 Å². The maximum atomic E-state index is 7.15. The van der Waals surface area contributed by atoms with Gasteiger partial charge in [-0.15, -0.1) is 0 Å². The SMILES string of the molecule is CC(C)(C)c1ccc2c(c1)B1c3cc4c(cc3N(c3ccccc3)c3ccc(-c5ccccc5)c(c31)O2)[Si](c1ccccc1)(c1ccccc1)c1ccccc1-4. The van der Waals surface area contributed by atoms with Crippen molar-refractivity contribution >= 4 is 69.0 Å². The van der Waals surface area contributed by atoms with Crippen LogP contribution in [0.4, 0.5) is 17.1 Å². The van der Waals surface area contributed by atoms with E-state index < -0.39 is 8.07 Å². The van der Waals surface area contributed by atoms with E-state index in [1.165, 1.54) is 59.5 Å². The molecule has 4 heteroatoms. The number of benzene rings is 8. The van der Waals surface area contributed by atoms with Crippen molar-refractivity contribution in [1.29, 1.82) is 0 Å². The monoisotopic (exact) mass is 733 g/mol. The van der Waals surface area contributed by atoms with Crippen molar-refractivity contribution in [2.24, 2.45) is 0 Å². The van der Waals surface area contributed by atoms with Crippen molar-refractivity contribution in [3.8, 4) is 33.8 Å². The largest absolute Gasteiger partial charge is 0.458 e. The van der Waals surface area contributed by atoms with Gasteiger partial charge < -0.3 is 9.64 Å². The molecule has 266 valence electrons. The van der Waals surface area contributed by atoms with Crippen molar-refractivity contribution in [3.63, 3.8) is 0 Å². The van der Waals surface area contributed by atoms with Crippen molar-refractivity contribution in [2.45, 2.75) is 26.2 Å². The number of para-hydroxylation sites is 1. The molecule has 8 aromatic carbocycles. The molecule has 11 rings (SSSR count). The number of hydrogen-bond donors (Lipinski definition) is 0. The fourth-order valence-corrected chi connectivity index (χ4v) is 15.0. The van der Waals surface area contributed by atoms with Gasteiger partial charge in [-0.3, -0.25) is 0 Å². The molecule has 0 radical (unpaired) electrons. The lowest BCUT2D eigenvalue weighted by Crippen LogP contribution is -2.73. The van der Waals surface area contributed by atoms with Crippen LogP contribution in [0, 0.1) is 0 Å². The van der Waals surface area contributed by atoms with Gasteiger partial charge in [-0.1, -0.05) is 172 Å². The molecular weight excluding hydrogens is 693 g/mol. The molecule has 56 heavy (non-hydrogen) atoms. The molecule has 0 N–H and O–H groups in total. The predicted molar refractivity (Wildman–Crippen MR) is 239 cm³/mol. The Morgan fingerprint density at radius 3 is 1.80 bits per heavy atom. The summed E-state index contributed by atoms with van der Waals surface area (Å²) in [5, 5.41) is 5.70. The van der Waals surface area contributed by atoms with Gasteiger partial charge in [0.1, 0.15) is 11.5 Å². The number of fused-ring (bicyclic) bond motifs is 7. The Hall–Kier alpha value is -6.36. The van der Waals surface area contributed by atoms with E-state index in [9.17, 15) is 0 Å². The first-order valence-corrected chi connectivity index (χ1v) is 21.7. The molecule has 3 aliphatic heterocycles. The van der Waals surface area contributed by atoms with E-state index in [0.29, 0.717) is 0 Å². The summed E-state index contributed by atoms with van der Waals surface area (Å²) in [5.74, 6) is 1.88. The van der Waals surface area contributed by atoms with Crippen molar-refractivity contribution in [3.05, 3.63) is 194 Å². The van der Waals surface area contributed by atoms with E-state index in [4.69, 9.17) is 4.74 Å². The molecule has 0 amide bonds. The van der Waals surface area contributed by atoms with E-state index in [-0.39, 0.29) is 12.1 Å². The quantitative estimate of drug-likeness (QED) is 0.169. The van der Waals surface area contributed by atoms with Crippen LogP contribution in [0.1, 0.15) is 26.3 Å². The highest BCUT2D eigenvalue weighted by molar-refractivity contribution is 7.22.